The third-order valence-electron chi connectivity index (χ3n) is 4.03. The van der Waals surface area contributed by atoms with Crippen LogP contribution in [0.15, 0.2) is 54.6 Å². The average Bonchev–Trinajstić information content (AvgIpc) is 2.60. The molecule has 2 aromatic carbocycles. The van der Waals surface area contributed by atoms with Gasteiger partial charge >= 0.3 is 0 Å². The third-order valence-corrected chi connectivity index (χ3v) is 4.03. The Bertz CT molecular complexity index is 811. The molecule has 0 aliphatic carbocycles. The molecule has 0 aliphatic rings. The van der Waals surface area contributed by atoms with Crippen LogP contribution in [0.25, 0.3) is 6.08 Å². The number of halogens is 1. The second-order valence-electron chi connectivity index (χ2n) is 6.65. The molecular formula is C21H23FN2O2. The molecule has 5 heteroatoms. The maximum atomic E-state index is 13.1. The largest absolute Gasteiger partial charge is 0.347 e. The Hall–Kier alpha value is -2.95. The first-order chi connectivity index (χ1) is 12.3. The minimum Gasteiger partial charge on any atom is -0.347 e. The molecular weight excluding hydrogens is 331 g/mol. The Balaban J connectivity index is 1.96. The standard InChI is InChI=1S/C21H23FN2O2/c1-4-21(2,3)24-20(26)16-9-11-18(12-10-16)23-19(25)13-8-15-6-5-7-17(22)14-15/h5-14H,4H2,1-3H3,(H,23,25)(H,24,26)/b13-8+. The van der Waals surface area contributed by atoms with E-state index in [9.17, 15) is 14.0 Å². The molecule has 2 N–H and O–H groups in total. The van der Waals surface area contributed by atoms with Crippen LogP contribution in [0.2, 0.25) is 0 Å². The summed E-state index contributed by atoms with van der Waals surface area (Å²) in [6.07, 6.45) is 3.69. The summed E-state index contributed by atoms with van der Waals surface area (Å²) in [6, 6.07) is 12.6. The molecule has 26 heavy (non-hydrogen) atoms. The summed E-state index contributed by atoms with van der Waals surface area (Å²) in [4.78, 5) is 24.1. The van der Waals surface area contributed by atoms with Crippen LogP contribution in [-0.2, 0) is 4.79 Å². The molecule has 4 nitrogen and oxygen atoms in total. The van der Waals surface area contributed by atoms with Gasteiger partial charge in [0, 0.05) is 22.9 Å². The van der Waals surface area contributed by atoms with Gasteiger partial charge in [0.25, 0.3) is 5.91 Å². The summed E-state index contributed by atoms with van der Waals surface area (Å²) >= 11 is 0. The number of carbonyl (C=O) groups excluding carboxylic acids is 2. The molecule has 136 valence electrons. The molecule has 0 heterocycles. The Morgan fingerprint density at radius 1 is 1.12 bits per heavy atom. The van der Waals surface area contributed by atoms with E-state index in [1.807, 2.05) is 20.8 Å². The quantitative estimate of drug-likeness (QED) is 0.756. The molecule has 2 aromatic rings. The lowest BCUT2D eigenvalue weighted by Gasteiger charge is -2.24. The number of hydrogen-bond donors (Lipinski definition) is 2. The van der Waals surface area contributed by atoms with Crippen LogP contribution in [0.3, 0.4) is 0 Å². The highest BCUT2D eigenvalue weighted by Gasteiger charge is 2.18. The highest BCUT2D eigenvalue weighted by atomic mass is 19.1. The predicted molar refractivity (Wildman–Crippen MR) is 102 cm³/mol. The number of amides is 2. The van der Waals surface area contributed by atoms with Crippen LogP contribution in [0, 0.1) is 5.82 Å². The highest BCUT2D eigenvalue weighted by Crippen LogP contribution is 2.13. The topological polar surface area (TPSA) is 58.2 Å². The van der Waals surface area contributed by atoms with E-state index in [0.717, 1.165) is 6.42 Å². The molecule has 0 saturated carbocycles. The summed E-state index contributed by atoms with van der Waals surface area (Å²) in [7, 11) is 0. The Kier molecular flexibility index (Phi) is 6.28. The molecule has 0 aliphatic heterocycles. The van der Waals surface area contributed by atoms with Crippen LogP contribution in [0.4, 0.5) is 10.1 Å². The van der Waals surface area contributed by atoms with E-state index < -0.39 is 0 Å². The van der Waals surface area contributed by atoms with E-state index in [-0.39, 0.29) is 23.2 Å². The Morgan fingerprint density at radius 3 is 2.42 bits per heavy atom. The van der Waals surface area contributed by atoms with Crippen LogP contribution < -0.4 is 10.6 Å². The normalized spacial score (nSPS) is 11.4. The van der Waals surface area contributed by atoms with Gasteiger partial charge in [-0.3, -0.25) is 9.59 Å². The fourth-order valence-corrected chi connectivity index (χ4v) is 2.14. The van der Waals surface area contributed by atoms with Crippen LogP contribution >= 0.6 is 0 Å². The number of nitrogens with one attached hydrogen (secondary N) is 2. The molecule has 0 unspecified atom stereocenters. The molecule has 0 aromatic heterocycles. The van der Waals surface area contributed by atoms with Gasteiger partial charge in [-0.15, -0.1) is 0 Å². The molecule has 0 atom stereocenters. The molecule has 2 amide bonds. The summed E-state index contributed by atoms with van der Waals surface area (Å²) in [5.74, 6) is -0.841. The molecule has 2 rings (SSSR count). The van der Waals surface area contributed by atoms with Crippen molar-refractivity contribution in [3.8, 4) is 0 Å². The van der Waals surface area contributed by atoms with E-state index in [0.29, 0.717) is 16.8 Å². The lowest BCUT2D eigenvalue weighted by molar-refractivity contribution is -0.111. The summed E-state index contributed by atoms with van der Waals surface area (Å²) < 4.78 is 13.1. The van der Waals surface area contributed by atoms with E-state index in [1.165, 1.54) is 24.3 Å². The molecule has 0 bridgehead atoms. The number of anilines is 1. The molecule has 0 fully saturated rings. The van der Waals surface area contributed by atoms with Crippen molar-refractivity contribution >= 4 is 23.6 Å². The summed E-state index contributed by atoms with van der Waals surface area (Å²) in [6.45, 7) is 5.94. The minimum absolute atomic E-state index is 0.152. The van der Waals surface area contributed by atoms with Crippen LogP contribution in [0.5, 0.6) is 0 Å². The fraction of sp³-hybridized carbons (Fsp3) is 0.238. The van der Waals surface area contributed by atoms with Crippen molar-refractivity contribution < 1.29 is 14.0 Å². The lowest BCUT2D eigenvalue weighted by Crippen LogP contribution is -2.42. The van der Waals surface area contributed by atoms with E-state index in [4.69, 9.17) is 0 Å². The smallest absolute Gasteiger partial charge is 0.251 e. The van der Waals surface area contributed by atoms with Crippen molar-refractivity contribution in [3.05, 3.63) is 71.6 Å². The first kappa shape index (κ1) is 19.4. The van der Waals surface area contributed by atoms with Crippen molar-refractivity contribution in [3.63, 3.8) is 0 Å². The summed E-state index contributed by atoms with van der Waals surface area (Å²) in [5, 5.41) is 5.66. The lowest BCUT2D eigenvalue weighted by atomic mass is 10.0. The van der Waals surface area contributed by atoms with Gasteiger partial charge in [0.2, 0.25) is 5.91 Å². The second-order valence-corrected chi connectivity index (χ2v) is 6.65. The van der Waals surface area contributed by atoms with Gasteiger partial charge in [0.1, 0.15) is 5.82 Å². The molecule has 0 saturated heterocycles. The predicted octanol–water partition coefficient (Wildman–Crippen LogP) is 4.40. The SMILES string of the molecule is CCC(C)(C)NC(=O)c1ccc(NC(=O)/C=C/c2cccc(F)c2)cc1. The third kappa shape index (κ3) is 5.84. The monoisotopic (exact) mass is 354 g/mol. The number of benzene rings is 2. The highest BCUT2D eigenvalue weighted by molar-refractivity contribution is 6.02. The zero-order chi connectivity index (χ0) is 19.2. The van der Waals surface area contributed by atoms with Gasteiger partial charge < -0.3 is 10.6 Å². The zero-order valence-electron chi connectivity index (χ0n) is 15.2. The van der Waals surface area contributed by atoms with Gasteiger partial charge in [-0.2, -0.15) is 0 Å². The van der Waals surface area contributed by atoms with Crippen molar-refractivity contribution in [2.75, 3.05) is 5.32 Å². The van der Waals surface area contributed by atoms with Gasteiger partial charge in [-0.05, 0) is 68.3 Å². The van der Waals surface area contributed by atoms with Crippen LogP contribution in [-0.4, -0.2) is 17.4 Å². The number of hydrogen-bond acceptors (Lipinski definition) is 2. The maximum Gasteiger partial charge on any atom is 0.251 e. The zero-order valence-corrected chi connectivity index (χ0v) is 15.2. The molecule has 0 spiro atoms. The van der Waals surface area contributed by atoms with E-state index in [1.54, 1.807) is 36.4 Å². The second kappa shape index (κ2) is 8.43. The van der Waals surface area contributed by atoms with E-state index >= 15 is 0 Å². The van der Waals surface area contributed by atoms with Crippen LogP contribution in [0.1, 0.15) is 43.1 Å². The fourth-order valence-electron chi connectivity index (χ4n) is 2.14. The Morgan fingerprint density at radius 2 is 1.81 bits per heavy atom. The maximum absolute atomic E-state index is 13.1. The first-order valence-corrected chi connectivity index (χ1v) is 8.46. The van der Waals surface area contributed by atoms with Gasteiger partial charge in [-0.1, -0.05) is 19.1 Å². The summed E-state index contributed by atoms with van der Waals surface area (Å²) in [5.41, 5.74) is 1.43. The minimum atomic E-state index is -0.354. The number of carbonyl (C=O) groups is 2. The van der Waals surface area contributed by atoms with Gasteiger partial charge in [0.15, 0.2) is 0 Å². The first-order valence-electron chi connectivity index (χ1n) is 8.46. The number of rotatable bonds is 6. The van der Waals surface area contributed by atoms with Gasteiger partial charge in [0.05, 0.1) is 0 Å². The van der Waals surface area contributed by atoms with Crippen molar-refractivity contribution in [1.82, 2.24) is 5.32 Å². The Labute approximate surface area is 153 Å². The van der Waals surface area contributed by atoms with Gasteiger partial charge in [-0.25, -0.2) is 4.39 Å². The van der Waals surface area contributed by atoms with Crippen molar-refractivity contribution in [2.45, 2.75) is 32.7 Å². The van der Waals surface area contributed by atoms with E-state index in [2.05, 4.69) is 10.6 Å². The molecule has 0 radical (unpaired) electrons. The van der Waals surface area contributed by atoms with Crippen molar-refractivity contribution in [1.29, 1.82) is 0 Å². The van der Waals surface area contributed by atoms with Crippen molar-refractivity contribution in [2.24, 2.45) is 0 Å². The average molecular weight is 354 g/mol.